The number of rotatable bonds is 10. The van der Waals surface area contributed by atoms with Crippen LogP contribution in [-0.4, -0.2) is 64.0 Å². The molecule has 1 aliphatic rings. The summed E-state index contributed by atoms with van der Waals surface area (Å²) in [7, 11) is 1.81. The second-order valence-corrected chi connectivity index (χ2v) is 7.38. The van der Waals surface area contributed by atoms with E-state index >= 15 is 0 Å². The van der Waals surface area contributed by atoms with E-state index < -0.39 is 0 Å². The zero-order valence-corrected chi connectivity index (χ0v) is 19.9. The van der Waals surface area contributed by atoms with Gasteiger partial charge in [-0.2, -0.15) is 0 Å². The summed E-state index contributed by atoms with van der Waals surface area (Å²) in [5.41, 5.74) is 2.62. The summed E-state index contributed by atoms with van der Waals surface area (Å²) in [6, 6.07) is 8.76. The minimum Gasteiger partial charge on any atom is -0.381 e. The summed E-state index contributed by atoms with van der Waals surface area (Å²) in [6.45, 7) is 12.3. The van der Waals surface area contributed by atoms with Crippen LogP contribution in [0.1, 0.15) is 31.4 Å². The van der Waals surface area contributed by atoms with Crippen molar-refractivity contribution in [3.8, 4) is 0 Å². The fourth-order valence-corrected chi connectivity index (χ4v) is 2.96. The van der Waals surface area contributed by atoms with Crippen LogP contribution in [0.4, 0.5) is 0 Å². The average molecular weight is 504 g/mol. The molecule has 2 N–H and O–H groups in total. The topological polar surface area (TPSA) is 58.1 Å². The molecule has 28 heavy (non-hydrogen) atoms. The van der Waals surface area contributed by atoms with E-state index in [4.69, 9.17) is 9.47 Å². The molecular formula is C21H37IN4O2. The van der Waals surface area contributed by atoms with E-state index in [-0.39, 0.29) is 24.0 Å². The van der Waals surface area contributed by atoms with Crippen LogP contribution in [0.15, 0.2) is 29.3 Å². The van der Waals surface area contributed by atoms with Crippen LogP contribution < -0.4 is 10.6 Å². The Morgan fingerprint density at radius 3 is 2.68 bits per heavy atom. The summed E-state index contributed by atoms with van der Waals surface area (Å²) < 4.78 is 11.0. The lowest BCUT2D eigenvalue weighted by Crippen LogP contribution is -2.37. The molecule has 0 saturated carbocycles. The van der Waals surface area contributed by atoms with Gasteiger partial charge in [0.05, 0.1) is 13.2 Å². The second-order valence-electron chi connectivity index (χ2n) is 7.38. The molecule has 7 heteroatoms. The summed E-state index contributed by atoms with van der Waals surface area (Å²) in [5, 5.41) is 6.74. The van der Waals surface area contributed by atoms with Crippen LogP contribution in [0, 0.1) is 5.92 Å². The van der Waals surface area contributed by atoms with Crippen molar-refractivity contribution in [1.82, 2.24) is 15.5 Å². The molecule has 1 heterocycles. The summed E-state index contributed by atoms with van der Waals surface area (Å²) in [4.78, 5) is 6.74. The highest BCUT2D eigenvalue weighted by molar-refractivity contribution is 14.0. The van der Waals surface area contributed by atoms with Gasteiger partial charge >= 0.3 is 0 Å². The molecule has 1 saturated heterocycles. The van der Waals surface area contributed by atoms with Crippen LogP contribution in [-0.2, 0) is 22.6 Å². The van der Waals surface area contributed by atoms with Gasteiger partial charge in [-0.3, -0.25) is 9.89 Å². The van der Waals surface area contributed by atoms with E-state index in [1.165, 1.54) is 11.1 Å². The number of guanidine groups is 1. The van der Waals surface area contributed by atoms with Crippen molar-refractivity contribution < 1.29 is 9.47 Å². The van der Waals surface area contributed by atoms with Gasteiger partial charge in [-0.15, -0.1) is 24.0 Å². The zero-order chi connectivity index (χ0) is 19.3. The molecule has 1 aromatic carbocycles. The summed E-state index contributed by atoms with van der Waals surface area (Å²) in [6.07, 6.45) is 0.975. The number of morpholine rings is 1. The molecule has 0 aromatic heterocycles. The Labute approximate surface area is 187 Å². The maximum Gasteiger partial charge on any atom is 0.191 e. The van der Waals surface area contributed by atoms with Crippen molar-refractivity contribution in [3.63, 3.8) is 0 Å². The van der Waals surface area contributed by atoms with Gasteiger partial charge in [-0.25, -0.2) is 0 Å². The van der Waals surface area contributed by atoms with Gasteiger partial charge in [0.15, 0.2) is 5.96 Å². The van der Waals surface area contributed by atoms with Crippen LogP contribution in [0.5, 0.6) is 0 Å². The van der Waals surface area contributed by atoms with Gasteiger partial charge in [-0.1, -0.05) is 38.1 Å². The molecule has 0 unspecified atom stereocenters. The Morgan fingerprint density at radius 2 is 1.96 bits per heavy atom. The molecule has 0 radical (unpaired) electrons. The van der Waals surface area contributed by atoms with Gasteiger partial charge in [0.1, 0.15) is 0 Å². The number of ether oxygens (including phenoxy) is 2. The molecule has 0 aliphatic carbocycles. The number of nitrogens with zero attached hydrogens (tertiary/aromatic N) is 2. The normalized spacial score (nSPS) is 15.4. The second kappa shape index (κ2) is 15.0. The predicted octanol–water partition coefficient (Wildman–Crippen LogP) is 2.86. The molecule has 160 valence electrons. The Balaban J connectivity index is 0.00000392. The van der Waals surface area contributed by atoms with E-state index in [0.717, 1.165) is 71.5 Å². The predicted molar refractivity (Wildman–Crippen MR) is 126 cm³/mol. The molecule has 2 rings (SSSR count). The first-order chi connectivity index (χ1) is 13.2. The fraction of sp³-hybridized carbons (Fsp3) is 0.667. The molecule has 1 aromatic rings. The van der Waals surface area contributed by atoms with E-state index in [1.807, 2.05) is 0 Å². The number of aliphatic imine (C=N–C) groups is 1. The van der Waals surface area contributed by atoms with Crippen LogP contribution >= 0.6 is 24.0 Å². The first-order valence-corrected chi connectivity index (χ1v) is 10.1. The number of halogens is 1. The van der Waals surface area contributed by atoms with Crippen LogP contribution in [0.25, 0.3) is 0 Å². The van der Waals surface area contributed by atoms with Gasteiger partial charge in [-0.05, 0) is 23.5 Å². The van der Waals surface area contributed by atoms with Gasteiger partial charge < -0.3 is 20.1 Å². The van der Waals surface area contributed by atoms with Crippen molar-refractivity contribution in [2.45, 2.75) is 33.4 Å². The maximum absolute atomic E-state index is 5.60. The third-order valence-corrected chi connectivity index (χ3v) is 4.39. The van der Waals surface area contributed by atoms with Crippen LogP contribution in [0.2, 0.25) is 0 Å². The fourth-order valence-electron chi connectivity index (χ4n) is 2.96. The molecule has 0 atom stereocenters. The van der Waals surface area contributed by atoms with E-state index in [2.05, 4.69) is 58.6 Å². The lowest BCUT2D eigenvalue weighted by atomic mass is 10.1. The minimum atomic E-state index is 0. The van der Waals surface area contributed by atoms with Crippen molar-refractivity contribution in [3.05, 3.63) is 35.4 Å². The zero-order valence-electron chi connectivity index (χ0n) is 17.6. The Hall–Kier alpha value is -0.900. The van der Waals surface area contributed by atoms with E-state index in [1.54, 1.807) is 7.05 Å². The SMILES string of the molecule is CN=C(NCCCOCC(C)C)NCc1cccc(CN2CCOCC2)c1.I. The van der Waals surface area contributed by atoms with Gasteiger partial charge in [0.25, 0.3) is 0 Å². The van der Waals surface area contributed by atoms with E-state index in [9.17, 15) is 0 Å². The Bertz CT molecular complexity index is 563. The van der Waals surface area contributed by atoms with Crippen molar-refractivity contribution in [2.24, 2.45) is 10.9 Å². The highest BCUT2D eigenvalue weighted by Crippen LogP contribution is 2.10. The van der Waals surface area contributed by atoms with Crippen molar-refractivity contribution >= 4 is 29.9 Å². The van der Waals surface area contributed by atoms with Gasteiger partial charge in [0.2, 0.25) is 0 Å². The number of hydrogen-bond acceptors (Lipinski definition) is 4. The lowest BCUT2D eigenvalue weighted by Gasteiger charge is -2.26. The highest BCUT2D eigenvalue weighted by atomic mass is 127. The number of hydrogen-bond donors (Lipinski definition) is 2. The van der Waals surface area contributed by atoms with Crippen molar-refractivity contribution in [2.75, 3.05) is 53.1 Å². The summed E-state index contributed by atoms with van der Waals surface area (Å²) >= 11 is 0. The number of benzene rings is 1. The third-order valence-electron chi connectivity index (χ3n) is 4.39. The van der Waals surface area contributed by atoms with Gasteiger partial charge in [0, 0.05) is 53.0 Å². The standard InChI is InChI=1S/C21H36N4O2.HI/c1-18(2)17-27-11-5-8-23-21(22-3)24-15-19-6-4-7-20(14-19)16-25-9-12-26-13-10-25;/h4,6-7,14,18H,5,8-13,15-17H2,1-3H3,(H2,22,23,24);1H. The maximum atomic E-state index is 5.60. The lowest BCUT2D eigenvalue weighted by molar-refractivity contribution is 0.0342. The molecule has 1 fully saturated rings. The quantitative estimate of drug-likeness (QED) is 0.222. The molecule has 0 bridgehead atoms. The average Bonchev–Trinajstić information content (AvgIpc) is 2.68. The third kappa shape index (κ3) is 10.6. The van der Waals surface area contributed by atoms with E-state index in [0.29, 0.717) is 5.92 Å². The largest absolute Gasteiger partial charge is 0.381 e. The highest BCUT2D eigenvalue weighted by Gasteiger charge is 2.10. The first-order valence-electron chi connectivity index (χ1n) is 10.1. The molecule has 0 spiro atoms. The molecular weight excluding hydrogens is 467 g/mol. The van der Waals surface area contributed by atoms with Crippen LogP contribution in [0.3, 0.4) is 0 Å². The first kappa shape index (κ1) is 25.1. The Kier molecular flexibility index (Phi) is 13.5. The molecule has 6 nitrogen and oxygen atoms in total. The molecule has 0 amide bonds. The minimum absolute atomic E-state index is 0. The summed E-state index contributed by atoms with van der Waals surface area (Å²) in [5.74, 6) is 1.42. The smallest absolute Gasteiger partial charge is 0.191 e. The number of nitrogens with one attached hydrogen (secondary N) is 2. The Morgan fingerprint density at radius 1 is 1.21 bits per heavy atom. The monoisotopic (exact) mass is 504 g/mol. The van der Waals surface area contributed by atoms with Crippen molar-refractivity contribution in [1.29, 1.82) is 0 Å². The molecule has 1 aliphatic heterocycles.